The summed E-state index contributed by atoms with van der Waals surface area (Å²) in [5.41, 5.74) is 0.845. The van der Waals surface area contributed by atoms with Crippen LogP contribution in [0.4, 0.5) is 5.82 Å². The predicted octanol–water partition coefficient (Wildman–Crippen LogP) is 0.855. The van der Waals surface area contributed by atoms with Gasteiger partial charge in [0.05, 0.1) is 12.3 Å². The largest absolute Gasteiger partial charge is 0.369 e. The minimum absolute atomic E-state index is 0.246. The molecule has 0 amide bonds. The number of hydrogen-bond acceptors (Lipinski definition) is 6. The summed E-state index contributed by atoms with van der Waals surface area (Å²) in [4.78, 5) is 11.1. The van der Waals surface area contributed by atoms with Gasteiger partial charge in [0, 0.05) is 31.4 Å². The van der Waals surface area contributed by atoms with E-state index in [0.717, 1.165) is 37.4 Å². The molecule has 1 unspecified atom stereocenters. The standard InChI is InChI=1S/C14H25N5O2S/c1-11-10-13(15-7-9-18(2)3)17-14(16-11)12-6-5-8-19(12)22(4,20)21/h10,12H,5-9H2,1-4H3,(H,15,16,17). The van der Waals surface area contributed by atoms with Crippen molar-refractivity contribution < 1.29 is 8.42 Å². The van der Waals surface area contributed by atoms with E-state index in [0.29, 0.717) is 12.4 Å². The van der Waals surface area contributed by atoms with Gasteiger partial charge in [0.15, 0.2) is 0 Å². The zero-order chi connectivity index (χ0) is 16.3. The first-order chi connectivity index (χ1) is 10.3. The lowest BCUT2D eigenvalue weighted by atomic mass is 10.2. The Kier molecular flexibility index (Phi) is 5.36. The molecule has 1 atom stereocenters. The molecule has 0 bridgehead atoms. The zero-order valence-electron chi connectivity index (χ0n) is 13.7. The average Bonchev–Trinajstić information content (AvgIpc) is 2.86. The Labute approximate surface area is 132 Å². The topological polar surface area (TPSA) is 78.4 Å². The molecule has 1 aromatic heterocycles. The van der Waals surface area contributed by atoms with Crippen molar-refractivity contribution in [1.82, 2.24) is 19.2 Å². The van der Waals surface area contributed by atoms with Crippen LogP contribution in [0.1, 0.15) is 30.4 Å². The molecule has 7 nitrogen and oxygen atoms in total. The summed E-state index contributed by atoms with van der Waals surface area (Å²) in [5.74, 6) is 1.35. The summed E-state index contributed by atoms with van der Waals surface area (Å²) >= 11 is 0. The lowest BCUT2D eigenvalue weighted by molar-refractivity contribution is 0.386. The SMILES string of the molecule is Cc1cc(NCCN(C)C)nc(C2CCCN2S(C)(=O)=O)n1. The fourth-order valence-electron chi connectivity index (χ4n) is 2.63. The molecule has 0 aromatic carbocycles. The second-order valence-corrected chi connectivity index (χ2v) is 7.95. The number of aromatic nitrogens is 2. The van der Waals surface area contributed by atoms with Crippen molar-refractivity contribution in [3.8, 4) is 0 Å². The van der Waals surface area contributed by atoms with Gasteiger partial charge in [-0.15, -0.1) is 0 Å². The first-order valence-electron chi connectivity index (χ1n) is 7.48. The first kappa shape index (κ1) is 17.1. The molecule has 0 saturated carbocycles. The highest BCUT2D eigenvalue weighted by molar-refractivity contribution is 7.88. The van der Waals surface area contributed by atoms with Gasteiger partial charge < -0.3 is 10.2 Å². The molecule has 1 aromatic rings. The number of aryl methyl sites for hydroxylation is 1. The molecule has 1 aliphatic heterocycles. The molecule has 2 heterocycles. The molecule has 1 fully saturated rings. The van der Waals surface area contributed by atoms with Gasteiger partial charge >= 0.3 is 0 Å². The van der Waals surface area contributed by atoms with E-state index in [1.54, 1.807) is 0 Å². The van der Waals surface area contributed by atoms with Crippen LogP contribution in [0.25, 0.3) is 0 Å². The zero-order valence-corrected chi connectivity index (χ0v) is 14.5. The quantitative estimate of drug-likeness (QED) is 0.835. The van der Waals surface area contributed by atoms with E-state index in [1.807, 2.05) is 27.1 Å². The number of nitrogens with zero attached hydrogens (tertiary/aromatic N) is 4. The van der Waals surface area contributed by atoms with Crippen LogP contribution in [0, 0.1) is 6.92 Å². The minimum atomic E-state index is -3.23. The Morgan fingerprint density at radius 2 is 2.14 bits per heavy atom. The number of nitrogens with one attached hydrogen (secondary N) is 1. The summed E-state index contributed by atoms with van der Waals surface area (Å²) in [6, 6.07) is 1.64. The summed E-state index contributed by atoms with van der Waals surface area (Å²) in [7, 11) is 0.802. The van der Waals surface area contributed by atoms with Crippen molar-refractivity contribution in [1.29, 1.82) is 0 Å². The second kappa shape index (κ2) is 6.89. The van der Waals surface area contributed by atoms with Crippen molar-refractivity contribution in [2.75, 3.05) is 45.3 Å². The van der Waals surface area contributed by atoms with Crippen molar-refractivity contribution in [3.05, 3.63) is 17.6 Å². The maximum absolute atomic E-state index is 11.9. The molecule has 124 valence electrons. The van der Waals surface area contributed by atoms with Crippen LogP contribution < -0.4 is 5.32 Å². The Morgan fingerprint density at radius 3 is 2.77 bits per heavy atom. The third-order valence-corrected chi connectivity index (χ3v) is 4.95. The van der Waals surface area contributed by atoms with Gasteiger partial charge in [0.2, 0.25) is 10.0 Å². The highest BCUT2D eigenvalue weighted by atomic mass is 32.2. The number of likely N-dealkylation sites (N-methyl/N-ethyl adjacent to an activating group) is 1. The predicted molar refractivity (Wildman–Crippen MR) is 87.3 cm³/mol. The number of sulfonamides is 1. The number of hydrogen-bond donors (Lipinski definition) is 1. The summed E-state index contributed by atoms with van der Waals surface area (Å²) in [5, 5.41) is 3.27. The van der Waals surface area contributed by atoms with Crippen LogP contribution in [0.3, 0.4) is 0 Å². The fourth-order valence-corrected chi connectivity index (χ4v) is 3.76. The van der Waals surface area contributed by atoms with Gasteiger partial charge in [-0.2, -0.15) is 4.31 Å². The van der Waals surface area contributed by atoms with E-state index in [4.69, 9.17) is 0 Å². The number of anilines is 1. The summed E-state index contributed by atoms with van der Waals surface area (Å²) in [6.45, 7) is 4.13. The van der Waals surface area contributed by atoms with E-state index in [9.17, 15) is 8.42 Å². The molecule has 1 N–H and O–H groups in total. The van der Waals surface area contributed by atoms with Crippen LogP contribution in [0.5, 0.6) is 0 Å². The molecular weight excluding hydrogens is 302 g/mol. The lowest BCUT2D eigenvalue weighted by Gasteiger charge is -2.21. The first-order valence-corrected chi connectivity index (χ1v) is 9.33. The molecular formula is C14H25N5O2S. The summed E-state index contributed by atoms with van der Waals surface area (Å²) in [6.07, 6.45) is 2.86. The van der Waals surface area contributed by atoms with E-state index < -0.39 is 10.0 Å². The molecule has 2 rings (SSSR count). The van der Waals surface area contributed by atoms with Gasteiger partial charge in [0.25, 0.3) is 0 Å². The minimum Gasteiger partial charge on any atom is -0.369 e. The van der Waals surface area contributed by atoms with Crippen molar-refractivity contribution >= 4 is 15.8 Å². The Bertz CT molecular complexity index is 618. The van der Waals surface area contributed by atoms with Crippen molar-refractivity contribution in [3.63, 3.8) is 0 Å². The average molecular weight is 327 g/mol. The van der Waals surface area contributed by atoms with E-state index >= 15 is 0 Å². The molecule has 22 heavy (non-hydrogen) atoms. The molecule has 0 spiro atoms. The smallest absolute Gasteiger partial charge is 0.211 e. The van der Waals surface area contributed by atoms with Crippen molar-refractivity contribution in [2.24, 2.45) is 0 Å². The molecule has 8 heteroatoms. The fraction of sp³-hybridized carbons (Fsp3) is 0.714. The Morgan fingerprint density at radius 1 is 1.41 bits per heavy atom. The normalized spacial score (nSPS) is 19.8. The second-order valence-electron chi connectivity index (χ2n) is 6.01. The van der Waals surface area contributed by atoms with E-state index in [2.05, 4.69) is 20.2 Å². The maximum atomic E-state index is 11.9. The maximum Gasteiger partial charge on any atom is 0.211 e. The van der Waals surface area contributed by atoms with Gasteiger partial charge in [-0.05, 0) is 33.9 Å². The Balaban J connectivity index is 2.18. The molecule has 0 radical (unpaired) electrons. The van der Waals surface area contributed by atoms with Gasteiger partial charge in [-0.25, -0.2) is 18.4 Å². The Hall–Kier alpha value is -1.25. The van der Waals surface area contributed by atoms with Crippen LogP contribution in [-0.4, -0.2) is 67.6 Å². The monoisotopic (exact) mass is 327 g/mol. The van der Waals surface area contributed by atoms with Crippen LogP contribution in [0.15, 0.2) is 6.07 Å². The van der Waals surface area contributed by atoms with Gasteiger partial charge in [-0.3, -0.25) is 0 Å². The molecule has 0 aliphatic carbocycles. The van der Waals surface area contributed by atoms with E-state index in [-0.39, 0.29) is 6.04 Å². The van der Waals surface area contributed by atoms with Crippen LogP contribution >= 0.6 is 0 Å². The van der Waals surface area contributed by atoms with Crippen LogP contribution in [0.2, 0.25) is 0 Å². The van der Waals surface area contributed by atoms with Crippen molar-refractivity contribution in [2.45, 2.75) is 25.8 Å². The highest BCUT2D eigenvalue weighted by Gasteiger charge is 2.34. The summed E-state index contributed by atoms with van der Waals surface area (Å²) < 4.78 is 25.3. The van der Waals surface area contributed by atoms with Crippen LogP contribution in [-0.2, 0) is 10.0 Å². The third-order valence-electron chi connectivity index (χ3n) is 3.66. The molecule has 1 saturated heterocycles. The number of rotatable bonds is 6. The third kappa shape index (κ3) is 4.37. The highest BCUT2D eigenvalue weighted by Crippen LogP contribution is 2.32. The lowest BCUT2D eigenvalue weighted by Crippen LogP contribution is -2.30. The van der Waals surface area contributed by atoms with Gasteiger partial charge in [-0.1, -0.05) is 0 Å². The molecule has 1 aliphatic rings. The van der Waals surface area contributed by atoms with E-state index in [1.165, 1.54) is 10.6 Å². The van der Waals surface area contributed by atoms with Gasteiger partial charge in [0.1, 0.15) is 11.6 Å².